The lowest BCUT2D eigenvalue weighted by Gasteiger charge is -1.99. The monoisotopic (exact) mass is 195 g/mol. The molecule has 7 heteroatoms. The zero-order valence-electron chi connectivity index (χ0n) is 5.64. The second-order valence-corrected chi connectivity index (χ2v) is 2.47. The van der Waals surface area contributed by atoms with Crippen LogP contribution in [-0.4, -0.2) is 15.2 Å². The van der Waals surface area contributed by atoms with Gasteiger partial charge in [-0.3, -0.25) is 5.10 Å². The molecule has 0 saturated carbocycles. The number of halogens is 3. The fourth-order valence-electron chi connectivity index (χ4n) is 0.593. The van der Waals surface area contributed by atoms with Gasteiger partial charge in [-0.15, -0.1) is 0 Å². The molecule has 0 aliphatic carbocycles. The van der Waals surface area contributed by atoms with Crippen molar-refractivity contribution in [3.63, 3.8) is 0 Å². The Morgan fingerprint density at radius 1 is 1.58 bits per heavy atom. The maximum absolute atomic E-state index is 11.9. The molecule has 0 saturated heterocycles. The van der Waals surface area contributed by atoms with E-state index in [1.54, 1.807) is 5.10 Å². The molecule has 1 aromatic heterocycles. The fraction of sp³-hybridized carbons (Fsp3) is 0.200. The number of thiocarbonyl (C=S) groups is 1. The predicted molar refractivity (Wildman–Crippen MR) is 39.5 cm³/mol. The molecule has 0 amide bonds. The van der Waals surface area contributed by atoms with Crippen molar-refractivity contribution < 1.29 is 13.2 Å². The molecule has 1 aromatic rings. The Morgan fingerprint density at radius 2 is 2.17 bits per heavy atom. The molecule has 0 aliphatic rings. The lowest BCUT2D eigenvalue weighted by molar-refractivity contribution is -0.141. The third-order valence-corrected chi connectivity index (χ3v) is 1.34. The summed E-state index contributed by atoms with van der Waals surface area (Å²) >= 11 is 4.43. The van der Waals surface area contributed by atoms with Crippen LogP contribution in [0.15, 0.2) is 6.07 Å². The number of H-pyrrole nitrogens is 1. The number of aromatic amines is 1. The Balaban J connectivity index is 3.00. The summed E-state index contributed by atoms with van der Waals surface area (Å²) in [4.78, 5) is -0.165. The van der Waals surface area contributed by atoms with Crippen molar-refractivity contribution in [2.24, 2.45) is 5.73 Å². The first kappa shape index (κ1) is 8.98. The highest BCUT2D eigenvalue weighted by atomic mass is 32.1. The van der Waals surface area contributed by atoms with Crippen molar-refractivity contribution in [3.05, 3.63) is 17.5 Å². The Kier molecular flexibility index (Phi) is 2.05. The number of nitrogens with one attached hydrogen (secondary N) is 1. The summed E-state index contributed by atoms with van der Waals surface area (Å²) in [5.74, 6) is 0. The third kappa shape index (κ3) is 1.73. The number of aromatic nitrogens is 2. The van der Waals surface area contributed by atoms with E-state index >= 15 is 0 Å². The maximum atomic E-state index is 11.9. The first-order chi connectivity index (χ1) is 5.41. The van der Waals surface area contributed by atoms with Crippen LogP contribution in [0.25, 0.3) is 0 Å². The number of nitrogens with two attached hydrogens (primary N) is 1. The van der Waals surface area contributed by atoms with E-state index in [0.717, 1.165) is 6.07 Å². The first-order valence-electron chi connectivity index (χ1n) is 2.83. The van der Waals surface area contributed by atoms with Crippen molar-refractivity contribution >= 4 is 17.2 Å². The molecule has 0 aromatic carbocycles. The first-order valence-corrected chi connectivity index (χ1v) is 3.24. The molecule has 0 unspecified atom stereocenters. The van der Waals surface area contributed by atoms with Crippen LogP contribution in [0.2, 0.25) is 0 Å². The maximum Gasteiger partial charge on any atom is 0.432 e. The van der Waals surface area contributed by atoms with Crippen molar-refractivity contribution in [2.45, 2.75) is 6.18 Å². The quantitative estimate of drug-likeness (QED) is 0.659. The molecule has 0 atom stereocenters. The minimum atomic E-state index is -4.43. The standard InChI is InChI=1S/C5H4F3N3S/c6-5(7,8)3-1-2(4(9)12)10-11-3/h1H,(H2,9,12)(H,10,11). The molecule has 0 aliphatic heterocycles. The van der Waals surface area contributed by atoms with Gasteiger partial charge in [0.2, 0.25) is 0 Å². The van der Waals surface area contributed by atoms with Gasteiger partial charge in [-0.05, 0) is 6.07 Å². The molecule has 0 bridgehead atoms. The predicted octanol–water partition coefficient (Wildman–Crippen LogP) is 1.06. The smallest absolute Gasteiger partial charge is 0.388 e. The third-order valence-electron chi connectivity index (χ3n) is 1.14. The number of hydrogen-bond donors (Lipinski definition) is 2. The molecule has 1 rings (SSSR count). The summed E-state index contributed by atoms with van der Waals surface area (Å²) in [5, 5.41) is 5.06. The van der Waals surface area contributed by atoms with E-state index < -0.39 is 11.9 Å². The summed E-state index contributed by atoms with van der Waals surface area (Å²) in [6.07, 6.45) is -4.43. The van der Waals surface area contributed by atoms with Crippen LogP contribution < -0.4 is 5.73 Å². The van der Waals surface area contributed by atoms with Crippen molar-refractivity contribution in [1.82, 2.24) is 10.2 Å². The summed E-state index contributed by atoms with van der Waals surface area (Å²) in [7, 11) is 0. The van der Waals surface area contributed by atoms with Crippen molar-refractivity contribution in [1.29, 1.82) is 0 Å². The molecule has 1 heterocycles. The second kappa shape index (κ2) is 2.74. The van der Waals surface area contributed by atoms with E-state index in [4.69, 9.17) is 5.73 Å². The normalized spacial score (nSPS) is 11.6. The van der Waals surface area contributed by atoms with E-state index in [2.05, 4.69) is 17.3 Å². The molecular formula is C5H4F3N3S. The summed E-state index contributed by atoms with van der Waals surface area (Å²) in [6.45, 7) is 0. The SMILES string of the molecule is NC(=S)c1cc(C(F)(F)F)[nH]n1. The molecule has 66 valence electrons. The van der Waals surface area contributed by atoms with E-state index in [-0.39, 0.29) is 10.7 Å². The molecular weight excluding hydrogens is 191 g/mol. The highest BCUT2D eigenvalue weighted by molar-refractivity contribution is 7.80. The Morgan fingerprint density at radius 3 is 2.42 bits per heavy atom. The van der Waals surface area contributed by atoms with E-state index in [0.29, 0.717) is 0 Å². The molecule has 3 N–H and O–H groups in total. The van der Waals surface area contributed by atoms with Crippen LogP contribution >= 0.6 is 12.2 Å². The minimum absolute atomic E-state index is 0.0580. The lowest BCUT2D eigenvalue weighted by atomic mass is 10.3. The van der Waals surface area contributed by atoms with Gasteiger partial charge in [0.05, 0.1) is 0 Å². The zero-order valence-corrected chi connectivity index (χ0v) is 6.46. The second-order valence-electron chi connectivity index (χ2n) is 2.03. The molecule has 0 radical (unpaired) electrons. The van der Waals surface area contributed by atoms with E-state index in [1.165, 1.54) is 0 Å². The van der Waals surface area contributed by atoms with Crippen LogP contribution in [0.3, 0.4) is 0 Å². The zero-order chi connectivity index (χ0) is 9.35. The van der Waals surface area contributed by atoms with Gasteiger partial charge in [-0.2, -0.15) is 18.3 Å². The van der Waals surface area contributed by atoms with Crippen molar-refractivity contribution in [3.8, 4) is 0 Å². The van der Waals surface area contributed by atoms with Crippen LogP contribution in [0.4, 0.5) is 13.2 Å². The van der Waals surface area contributed by atoms with Gasteiger partial charge in [0, 0.05) is 0 Å². The highest BCUT2D eigenvalue weighted by Gasteiger charge is 2.33. The average Bonchev–Trinajstić information content (AvgIpc) is 2.30. The topological polar surface area (TPSA) is 54.7 Å². The number of hydrogen-bond acceptors (Lipinski definition) is 2. The fourth-order valence-corrected chi connectivity index (χ4v) is 0.698. The average molecular weight is 195 g/mol. The lowest BCUT2D eigenvalue weighted by Crippen LogP contribution is -2.09. The highest BCUT2D eigenvalue weighted by Crippen LogP contribution is 2.27. The summed E-state index contributed by atoms with van der Waals surface area (Å²) < 4.78 is 35.7. The van der Waals surface area contributed by atoms with E-state index in [9.17, 15) is 13.2 Å². The van der Waals surface area contributed by atoms with Gasteiger partial charge in [0.15, 0.2) is 0 Å². The Bertz CT molecular complexity index is 303. The Labute approximate surface area is 70.8 Å². The van der Waals surface area contributed by atoms with Gasteiger partial charge in [0.25, 0.3) is 0 Å². The number of nitrogens with zero attached hydrogens (tertiary/aromatic N) is 1. The van der Waals surface area contributed by atoms with Crippen molar-refractivity contribution in [2.75, 3.05) is 0 Å². The van der Waals surface area contributed by atoms with Gasteiger partial charge >= 0.3 is 6.18 Å². The van der Waals surface area contributed by atoms with Crippen LogP contribution in [0.5, 0.6) is 0 Å². The molecule has 12 heavy (non-hydrogen) atoms. The molecule has 0 fully saturated rings. The summed E-state index contributed by atoms with van der Waals surface area (Å²) in [6, 6.07) is 0.766. The van der Waals surface area contributed by atoms with Gasteiger partial charge in [0.1, 0.15) is 16.4 Å². The number of rotatable bonds is 1. The largest absolute Gasteiger partial charge is 0.432 e. The summed E-state index contributed by atoms with van der Waals surface area (Å²) in [5.41, 5.74) is 4.04. The minimum Gasteiger partial charge on any atom is -0.388 e. The van der Waals surface area contributed by atoms with Crippen LogP contribution in [0.1, 0.15) is 11.4 Å². The van der Waals surface area contributed by atoms with Gasteiger partial charge in [-0.1, -0.05) is 12.2 Å². The molecule has 3 nitrogen and oxygen atoms in total. The molecule has 0 spiro atoms. The Hall–Kier alpha value is -1.11. The van der Waals surface area contributed by atoms with E-state index in [1.807, 2.05) is 0 Å². The number of alkyl halides is 3. The van der Waals surface area contributed by atoms with Crippen LogP contribution in [-0.2, 0) is 6.18 Å². The van der Waals surface area contributed by atoms with Crippen LogP contribution in [0, 0.1) is 0 Å². The van der Waals surface area contributed by atoms with Gasteiger partial charge < -0.3 is 5.73 Å². The van der Waals surface area contributed by atoms with Gasteiger partial charge in [-0.25, -0.2) is 0 Å².